The van der Waals surface area contributed by atoms with Crippen molar-refractivity contribution in [1.29, 1.82) is 0 Å². The van der Waals surface area contributed by atoms with Gasteiger partial charge < -0.3 is 53.2 Å². The van der Waals surface area contributed by atoms with Crippen molar-refractivity contribution in [1.82, 2.24) is 39.2 Å². The molecule has 148 heavy (non-hydrogen) atoms. The number of ether oxygens (including phenoxy) is 4. The summed E-state index contributed by atoms with van der Waals surface area (Å²) in [7, 11) is 0. The fraction of sp³-hybridized carbons (Fsp3) is 0.592. The molecule has 0 spiro atoms. The fourth-order valence-electron chi connectivity index (χ4n) is 19.3. The molecule has 17 nitrogen and oxygen atoms in total. The summed E-state index contributed by atoms with van der Waals surface area (Å²) in [6.45, 7) is 78.1. The van der Waals surface area contributed by atoms with Gasteiger partial charge in [0, 0.05) is 103 Å². The van der Waals surface area contributed by atoms with Gasteiger partial charge in [-0.2, -0.15) is 0 Å². The third-order valence-corrected chi connectivity index (χ3v) is 29.7. The van der Waals surface area contributed by atoms with Crippen LogP contribution in [0.15, 0.2) is 188 Å². The number of carbonyl (C=O) groups excluding carboxylic acids is 5. The van der Waals surface area contributed by atoms with Crippen LogP contribution in [-0.2, 0) is 115 Å². The molecule has 8 aromatic rings. The Morgan fingerprint density at radius 3 is 0.838 bits per heavy atom. The lowest BCUT2D eigenvalue weighted by atomic mass is 9.86. The van der Waals surface area contributed by atoms with Gasteiger partial charge in [-0.15, -0.1) is 0 Å². The molecule has 0 radical (unpaired) electrons. The highest BCUT2D eigenvalue weighted by atomic mass is 35.5. The molecular formula is C130H193ClN8O9. The smallest absolute Gasteiger partial charge is 0.255 e. The highest BCUT2D eigenvalue weighted by molar-refractivity contribution is 6.34. The molecule has 8 aliphatic heterocycles. The first-order valence-electron chi connectivity index (χ1n) is 56.3. The molecule has 18 heteroatoms. The lowest BCUT2D eigenvalue weighted by molar-refractivity contribution is -0.135. The highest BCUT2D eigenvalue weighted by Crippen LogP contribution is 2.34. The molecule has 5 amide bonds. The van der Waals surface area contributed by atoms with Crippen LogP contribution in [0.5, 0.6) is 0 Å². The summed E-state index contributed by atoms with van der Waals surface area (Å²) in [4.78, 5) is 78.1. The summed E-state index contributed by atoms with van der Waals surface area (Å²) >= 11 is 6.27. The molecule has 8 fully saturated rings. The van der Waals surface area contributed by atoms with Crippen LogP contribution < -0.4 is 0 Å². The lowest BCUT2D eigenvalue weighted by Crippen LogP contribution is -2.40. The molecule has 0 aromatic heterocycles. The number of amides is 5. The zero-order valence-corrected chi connectivity index (χ0v) is 97.1. The number of rotatable bonds is 21. The van der Waals surface area contributed by atoms with Gasteiger partial charge in [0.05, 0.1) is 69.9 Å². The Hall–Kier alpha value is -8.88. The molecule has 16 rings (SSSR count). The average Bonchev–Trinajstić information content (AvgIpc) is 0.886. The molecule has 8 aromatic carbocycles. The van der Waals surface area contributed by atoms with Crippen molar-refractivity contribution in [2.45, 2.75) is 325 Å². The van der Waals surface area contributed by atoms with Crippen molar-refractivity contribution in [2.75, 3.05) is 177 Å². The molecule has 0 unspecified atom stereocenters. The average molecular weight is 2050 g/mol. The summed E-state index contributed by atoms with van der Waals surface area (Å²) in [5.41, 5.74) is 21.6. The number of morpholine rings is 4. The SMILES string of the molecule is CC(C)(C)c1ccc(C(=O)N2CCOCC2)c(Cl)c1.CC(C)(C)c1ccc(C(=O)N2CCOCC2)cc1.CC(C)(C)c1cccc(CC(=O)N2CCCC2)c1.CC(C)(C)c1cccc(CCC(=O)N2CCCC2)c1.CC(C)(C)c1cccc(CCC(=O)N2CCOCC2)c1.CC(C)(C)c1cccc(CCCN2CCCC2)c1.CC(C)(C)c1cccc(CCCN2CCOCC2)c1.CC(C)(C)c1cccc(CCN2CCCC2)c1. The number of aryl methyl sites for hydroxylation is 4. The second-order valence-corrected chi connectivity index (χ2v) is 50.5. The normalized spacial score (nSPS) is 16.7. The number of likely N-dealkylation sites (tertiary alicyclic amines) is 4. The molecule has 0 saturated carbocycles. The monoisotopic (exact) mass is 2050 g/mol. The van der Waals surface area contributed by atoms with E-state index in [-0.39, 0.29) is 66.9 Å². The van der Waals surface area contributed by atoms with Crippen LogP contribution in [0.3, 0.4) is 0 Å². The van der Waals surface area contributed by atoms with Crippen molar-refractivity contribution < 1.29 is 42.9 Å². The Morgan fingerprint density at radius 1 is 0.243 bits per heavy atom. The number of carbonyl (C=O) groups is 5. The second kappa shape index (κ2) is 59.4. The minimum absolute atomic E-state index is 0.00578. The zero-order chi connectivity index (χ0) is 108. The molecule has 8 saturated heterocycles. The van der Waals surface area contributed by atoms with Gasteiger partial charge in [-0.25, -0.2) is 0 Å². The van der Waals surface area contributed by atoms with E-state index in [0.29, 0.717) is 102 Å². The molecule has 8 aliphatic rings. The molecule has 0 atom stereocenters. The fourth-order valence-corrected chi connectivity index (χ4v) is 19.5. The zero-order valence-electron chi connectivity index (χ0n) is 96.3. The molecule has 814 valence electrons. The summed E-state index contributed by atoms with van der Waals surface area (Å²) in [5.74, 6) is 0.944. The molecular weight excluding hydrogens is 1850 g/mol. The Kier molecular flexibility index (Phi) is 49.2. The first-order valence-corrected chi connectivity index (χ1v) is 56.7. The maximum absolute atomic E-state index is 12.4. The first kappa shape index (κ1) is 123. The standard InChI is InChI=1S/C17H25NO2.C17H27NO.C17H25NO.C17H27N.C16H23NO.C16H25N.C15H20ClNO2.C15H21NO2/c1-17(2,3)15-6-4-5-14(13-15)7-8-16(19)18-9-11-20-12-10-18;1-17(2,3)16-8-4-6-15(14-16)7-5-9-18-10-12-19-13-11-18;1-17(2,3)15-8-6-7-14(13-15)9-10-16(19)18-11-4-5-12-18;1-17(2,3)16-10-6-8-15(14-16)9-7-13-18-11-4-5-12-18;1-16(2,3)14-8-6-7-13(11-14)12-15(18)17-9-4-5-10-17;1-16(2,3)15-8-6-7-14(13-15)9-12-17-10-4-5-11-17;1-15(2,3)11-4-5-12(13(16)10-11)14(18)17-6-8-19-9-7-17;1-15(2,3)13-6-4-12(5-7-13)14(17)16-8-10-18-11-9-16/h4-6,13H,7-12H2,1-3H3;4,6,8,14H,5,7,9-13H2,1-3H3;6-8,13H,4-5,9-12H2,1-3H3;6,8,10,14H,4-5,7,9,11-13H2,1-3H3;6-8,11H,4-5,9-10,12H2,1-3H3;6-8,13H,4-5,9-12H2,1-3H3;4-5,10H,6-9H2,1-3H3;4-7H,8-11H2,1-3H3. The van der Waals surface area contributed by atoms with Crippen LogP contribution in [0.2, 0.25) is 5.02 Å². The molecule has 0 bridgehead atoms. The van der Waals surface area contributed by atoms with Crippen molar-refractivity contribution in [3.63, 3.8) is 0 Å². The third kappa shape index (κ3) is 43.7. The van der Waals surface area contributed by atoms with Crippen LogP contribution in [0.1, 0.15) is 342 Å². The molecule has 0 aliphatic carbocycles. The van der Waals surface area contributed by atoms with Gasteiger partial charge in [0.15, 0.2) is 0 Å². The number of benzene rings is 8. The Bertz CT molecular complexity index is 5290. The van der Waals surface area contributed by atoms with Gasteiger partial charge in [-0.05, 0) is 281 Å². The van der Waals surface area contributed by atoms with E-state index in [1.54, 1.807) is 4.90 Å². The number of hydrogen-bond acceptors (Lipinski definition) is 12. The van der Waals surface area contributed by atoms with Crippen molar-refractivity contribution in [3.05, 3.63) is 282 Å². The van der Waals surface area contributed by atoms with E-state index in [9.17, 15) is 24.0 Å². The van der Waals surface area contributed by atoms with Crippen LogP contribution >= 0.6 is 11.6 Å². The third-order valence-electron chi connectivity index (χ3n) is 29.4. The maximum atomic E-state index is 12.4. The Morgan fingerprint density at radius 2 is 0.500 bits per heavy atom. The summed E-state index contributed by atoms with van der Waals surface area (Å²) < 4.78 is 21.2. The molecule has 0 N–H and O–H groups in total. The summed E-state index contributed by atoms with van der Waals surface area (Å²) in [6.07, 6.45) is 19.9. The topological polar surface area (TPSA) is 148 Å². The number of hydrogen-bond donors (Lipinski definition) is 0. The largest absolute Gasteiger partial charge is 0.379 e. The number of halogens is 1. The van der Waals surface area contributed by atoms with E-state index >= 15 is 0 Å². The van der Waals surface area contributed by atoms with Gasteiger partial charge in [0.1, 0.15) is 0 Å². The number of nitrogens with zero attached hydrogens (tertiary/aromatic N) is 8. The van der Waals surface area contributed by atoms with Gasteiger partial charge in [0.25, 0.3) is 11.8 Å². The van der Waals surface area contributed by atoms with Gasteiger partial charge >= 0.3 is 0 Å². The van der Waals surface area contributed by atoms with Crippen LogP contribution in [-0.4, -0.2) is 246 Å². The summed E-state index contributed by atoms with van der Waals surface area (Å²) in [6, 6.07) is 66.7. The van der Waals surface area contributed by atoms with Crippen molar-refractivity contribution in [2.24, 2.45) is 0 Å². The molecule has 8 heterocycles. The van der Waals surface area contributed by atoms with Crippen LogP contribution in [0.4, 0.5) is 0 Å². The van der Waals surface area contributed by atoms with Crippen molar-refractivity contribution in [3.8, 4) is 0 Å². The Labute approximate surface area is 901 Å². The van der Waals surface area contributed by atoms with Gasteiger partial charge in [-0.1, -0.05) is 342 Å². The van der Waals surface area contributed by atoms with Gasteiger partial charge in [-0.3, -0.25) is 28.9 Å². The van der Waals surface area contributed by atoms with Crippen LogP contribution in [0, 0.1) is 0 Å². The van der Waals surface area contributed by atoms with E-state index in [1.807, 2.05) is 62.1 Å². The lowest BCUT2D eigenvalue weighted by Gasteiger charge is -2.27. The minimum atomic E-state index is -0.00578. The van der Waals surface area contributed by atoms with E-state index in [1.165, 1.54) is 183 Å². The Balaban J connectivity index is 0.000000188. The van der Waals surface area contributed by atoms with Gasteiger partial charge in [0.2, 0.25) is 17.7 Å². The van der Waals surface area contributed by atoms with E-state index in [4.69, 9.17) is 30.5 Å². The van der Waals surface area contributed by atoms with E-state index in [0.717, 1.165) is 108 Å². The quantitative estimate of drug-likeness (QED) is 0.0674. The van der Waals surface area contributed by atoms with Crippen molar-refractivity contribution >= 4 is 41.1 Å². The minimum Gasteiger partial charge on any atom is -0.379 e. The highest BCUT2D eigenvalue weighted by Gasteiger charge is 2.29. The predicted molar refractivity (Wildman–Crippen MR) is 618 cm³/mol. The predicted octanol–water partition coefficient (Wildman–Crippen LogP) is 25.9. The van der Waals surface area contributed by atoms with E-state index in [2.05, 4.69) is 326 Å². The van der Waals surface area contributed by atoms with Crippen LogP contribution in [0.25, 0.3) is 0 Å². The first-order chi connectivity index (χ1) is 69.9. The maximum Gasteiger partial charge on any atom is 0.255 e. The second-order valence-electron chi connectivity index (χ2n) is 50.1. The summed E-state index contributed by atoms with van der Waals surface area (Å²) in [5, 5.41) is 0.531. The van der Waals surface area contributed by atoms with E-state index < -0.39 is 0 Å².